The maximum Gasteiger partial charge on any atom is 0.0449 e. The van der Waals surface area contributed by atoms with E-state index >= 15 is 0 Å². The normalized spacial score (nSPS) is 11.2. The highest BCUT2D eigenvalue weighted by atomic mass is 32.1. The van der Waals surface area contributed by atoms with Crippen LogP contribution in [0.4, 0.5) is 0 Å². The highest BCUT2D eigenvalue weighted by Gasteiger charge is 2.09. The third-order valence-corrected chi connectivity index (χ3v) is 11.1. The van der Waals surface area contributed by atoms with E-state index in [4.69, 9.17) is 0 Å². The lowest BCUT2D eigenvalue weighted by atomic mass is 10.0. The van der Waals surface area contributed by atoms with Gasteiger partial charge in [0.05, 0.1) is 0 Å². The maximum atomic E-state index is 3.81. The average molecular weight is 623 g/mol. The Labute approximate surface area is 277 Å². The molecule has 4 aromatic rings. The first-order chi connectivity index (χ1) is 21.8. The van der Waals surface area contributed by atoms with Crippen molar-refractivity contribution in [3.8, 4) is 30.6 Å². The second kappa shape index (κ2) is 20.4. The molecule has 0 bridgehead atoms. The minimum Gasteiger partial charge on any atom is -0.134 e. The van der Waals surface area contributed by atoms with Gasteiger partial charge in [-0.2, -0.15) is 0 Å². The molecular weight excluding hydrogens is 569 g/mol. The van der Waals surface area contributed by atoms with E-state index in [0.717, 1.165) is 0 Å². The molecule has 4 rings (SSSR count). The molecule has 2 heteroatoms. The molecule has 2 heterocycles. The van der Waals surface area contributed by atoms with Gasteiger partial charge in [-0.3, -0.25) is 0 Å². The quantitative estimate of drug-likeness (QED) is 0.0570. The van der Waals surface area contributed by atoms with E-state index in [2.05, 4.69) is 86.0 Å². The van der Waals surface area contributed by atoms with Crippen molar-refractivity contribution in [2.45, 2.75) is 116 Å². The fourth-order valence-electron chi connectivity index (χ4n) is 5.93. The molecule has 0 atom stereocenters. The smallest absolute Gasteiger partial charge is 0.0449 e. The molecule has 0 aliphatic rings. The van der Waals surface area contributed by atoms with E-state index in [1.807, 2.05) is 34.8 Å². The Morgan fingerprint density at radius 1 is 0.364 bits per heavy atom. The SMILES string of the molecule is C=CCCCCCCCCCc1ccc(-c2ccc(-c3ccc(-c4ccc(CCCCCCCCCC=C)cc4)s3)s2)cc1. The molecule has 0 aliphatic heterocycles. The van der Waals surface area contributed by atoms with E-state index in [1.54, 1.807) is 0 Å². The van der Waals surface area contributed by atoms with Crippen LogP contribution >= 0.6 is 22.7 Å². The van der Waals surface area contributed by atoms with Crippen LogP contribution in [0.15, 0.2) is 98.1 Å². The largest absolute Gasteiger partial charge is 0.134 e. The summed E-state index contributed by atoms with van der Waals surface area (Å²) in [5.74, 6) is 0. The summed E-state index contributed by atoms with van der Waals surface area (Å²) in [7, 11) is 0. The second-order valence-corrected chi connectivity index (χ2v) is 14.5. The molecule has 0 radical (unpaired) electrons. The molecule has 0 aliphatic carbocycles. The van der Waals surface area contributed by atoms with Gasteiger partial charge in [0.1, 0.15) is 0 Å². The lowest BCUT2D eigenvalue weighted by molar-refractivity contribution is 0.581. The molecule has 234 valence electrons. The van der Waals surface area contributed by atoms with Crippen molar-refractivity contribution >= 4 is 22.7 Å². The van der Waals surface area contributed by atoms with Crippen molar-refractivity contribution in [1.29, 1.82) is 0 Å². The molecule has 2 aromatic carbocycles. The second-order valence-electron chi connectivity index (χ2n) is 12.3. The molecule has 2 aromatic heterocycles. The summed E-state index contributed by atoms with van der Waals surface area (Å²) >= 11 is 3.82. The number of benzene rings is 2. The Morgan fingerprint density at radius 2 is 0.682 bits per heavy atom. The third-order valence-electron chi connectivity index (χ3n) is 8.68. The van der Waals surface area contributed by atoms with Gasteiger partial charge in [-0.25, -0.2) is 0 Å². The molecule has 0 N–H and O–H groups in total. The molecule has 0 unspecified atom stereocenters. The summed E-state index contributed by atoms with van der Waals surface area (Å²) in [5, 5.41) is 0. The van der Waals surface area contributed by atoms with Crippen molar-refractivity contribution in [1.82, 2.24) is 0 Å². The van der Waals surface area contributed by atoms with Gasteiger partial charge in [-0.05, 0) is 97.9 Å². The first-order valence-corrected chi connectivity index (χ1v) is 19.0. The molecule has 0 amide bonds. The van der Waals surface area contributed by atoms with Crippen LogP contribution < -0.4 is 0 Å². The van der Waals surface area contributed by atoms with Gasteiger partial charge in [0, 0.05) is 19.5 Å². The molecule has 0 saturated carbocycles. The summed E-state index contributed by atoms with van der Waals surface area (Å²) < 4.78 is 0. The number of allylic oxidation sites excluding steroid dienone is 2. The van der Waals surface area contributed by atoms with Crippen LogP contribution in [0.2, 0.25) is 0 Å². The van der Waals surface area contributed by atoms with Gasteiger partial charge in [0.25, 0.3) is 0 Å². The van der Waals surface area contributed by atoms with Crippen molar-refractivity contribution in [2.24, 2.45) is 0 Å². The summed E-state index contributed by atoms with van der Waals surface area (Å²) in [6.45, 7) is 7.62. The van der Waals surface area contributed by atoms with Crippen LogP contribution in [0.25, 0.3) is 30.6 Å². The Morgan fingerprint density at radius 3 is 1.05 bits per heavy atom. The fraction of sp³-hybridized carbons (Fsp3) is 0.429. The van der Waals surface area contributed by atoms with Gasteiger partial charge >= 0.3 is 0 Å². The fourth-order valence-corrected chi connectivity index (χ4v) is 8.04. The lowest BCUT2D eigenvalue weighted by Crippen LogP contribution is -1.87. The van der Waals surface area contributed by atoms with Crippen molar-refractivity contribution < 1.29 is 0 Å². The van der Waals surface area contributed by atoms with Gasteiger partial charge in [0.2, 0.25) is 0 Å². The molecule has 44 heavy (non-hydrogen) atoms. The molecule has 0 fully saturated rings. The highest BCUT2D eigenvalue weighted by molar-refractivity contribution is 7.25. The first-order valence-electron chi connectivity index (χ1n) is 17.4. The minimum atomic E-state index is 1.17. The Bertz CT molecular complexity index is 1230. The average Bonchev–Trinajstić information content (AvgIpc) is 3.75. The van der Waals surface area contributed by atoms with E-state index < -0.39 is 0 Å². The van der Waals surface area contributed by atoms with Crippen LogP contribution in [-0.2, 0) is 12.8 Å². The summed E-state index contributed by atoms with van der Waals surface area (Å²) in [4.78, 5) is 5.44. The zero-order valence-corrected chi connectivity index (χ0v) is 28.7. The van der Waals surface area contributed by atoms with E-state index in [1.165, 1.54) is 157 Å². The van der Waals surface area contributed by atoms with Gasteiger partial charge in [0.15, 0.2) is 0 Å². The molecular formula is C42H54S2. The van der Waals surface area contributed by atoms with E-state index in [0.29, 0.717) is 0 Å². The third kappa shape index (κ3) is 12.0. The van der Waals surface area contributed by atoms with Gasteiger partial charge in [-0.1, -0.05) is 125 Å². The van der Waals surface area contributed by atoms with E-state index in [-0.39, 0.29) is 0 Å². The van der Waals surface area contributed by atoms with Gasteiger partial charge < -0.3 is 0 Å². The zero-order chi connectivity index (χ0) is 30.7. The van der Waals surface area contributed by atoms with Gasteiger partial charge in [-0.15, -0.1) is 35.8 Å². The zero-order valence-electron chi connectivity index (χ0n) is 27.0. The van der Waals surface area contributed by atoms with Crippen LogP contribution in [0, 0.1) is 0 Å². The number of hydrogen-bond acceptors (Lipinski definition) is 2. The Kier molecular flexibility index (Phi) is 15.8. The lowest BCUT2D eigenvalue weighted by Gasteiger charge is -2.04. The van der Waals surface area contributed by atoms with Crippen LogP contribution in [0.5, 0.6) is 0 Å². The van der Waals surface area contributed by atoms with Crippen LogP contribution in [-0.4, -0.2) is 0 Å². The standard InChI is InChI=1S/C42H54S2/c1-3-5-7-9-11-13-15-17-19-21-35-23-27-37(28-24-35)39-31-33-41(43-39)42-34-32-40(44-42)38-29-25-36(26-30-38)22-20-18-16-14-12-10-8-6-4-2/h3-4,23-34H,1-2,5-22H2. The predicted octanol–water partition coefficient (Wildman–Crippen LogP) is 14.5. The summed E-state index contributed by atoms with van der Waals surface area (Å²) in [6, 6.07) is 27.8. The number of thiophene rings is 2. The maximum absolute atomic E-state index is 3.81. The Hall–Kier alpha value is -2.68. The van der Waals surface area contributed by atoms with Crippen LogP contribution in [0.1, 0.15) is 114 Å². The number of hydrogen-bond donors (Lipinski definition) is 0. The minimum absolute atomic E-state index is 1.17. The number of aryl methyl sites for hydroxylation is 2. The predicted molar refractivity (Wildman–Crippen MR) is 200 cm³/mol. The first kappa shape index (κ1) is 34.2. The Balaban J connectivity index is 1.18. The van der Waals surface area contributed by atoms with Crippen molar-refractivity contribution in [3.63, 3.8) is 0 Å². The summed E-state index contributed by atoms with van der Waals surface area (Å²) in [6.07, 6.45) is 27.7. The number of rotatable bonds is 23. The molecule has 0 saturated heterocycles. The number of unbranched alkanes of at least 4 members (excludes halogenated alkanes) is 14. The monoisotopic (exact) mass is 622 g/mol. The topological polar surface area (TPSA) is 0 Å². The highest BCUT2D eigenvalue weighted by Crippen LogP contribution is 2.40. The van der Waals surface area contributed by atoms with Crippen LogP contribution in [0.3, 0.4) is 0 Å². The van der Waals surface area contributed by atoms with Crippen molar-refractivity contribution in [3.05, 3.63) is 109 Å². The summed E-state index contributed by atoms with van der Waals surface area (Å²) in [5.41, 5.74) is 5.60. The molecule has 0 nitrogen and oxygen atoms in total. The molecule has 0 spiro atoms. The van der Waals surface area contributed by atoms with E-state index in [9.17, 15) is 0 Å². The van der Waals surface area contributed by atoms with Crippen molar-refractivity contribution in [2.75, 3.05) is 0 Å².